The van der Waals surface area contributed by atoms with Crippen LogP contribution < -0.4 is 20.1 Å². The van der Waals surface area contributed by atoms with Gasteiger partial charge in [0, 0.05) is 30.4 Å². The third kappa shape index (κ3) is 4.89. The second kappa shape index (κ2) is 8.42. The Kier molecular flexibility index (Phi) is 6.28. The molecular formula is C20H26N2O3. The van der Waals surface area contributed by atoms with Gasteiger partial charge in [-0.05, 0) is 44.0 Å². The molecule has 0 saturated carbocycles. The standard InChI is InChI=1S/C20H26N2O3/c1-13-10-14(2)20(15(3)11-13)22-19(23)8-9-21-16-6-7-17(24-4)18(12-16)25-5/h6-7,10-12,21H,8-9H2,1-5H3,(H,22,23). The molecule has 0 aliphatic rings. The molecule has 0 unspecified atom stereocenters. The van der Waals surface area contributed by atoms with Gasteiger partial charge in [0.2, 0.25) is 5.91 Å². The summed E-state index contributed by atoms with van der Waals surface area (Å²) < 4.78 is 10.5. The number of hydrogen-bond acceptors (Lipinski definition) is 4. The van der Waals surface area contributed by atoms with E-state index in [1.807, 2.05) is 32.0 Å². The monoisotopic (exact) mass is 342 g/mol. The molecule has 2 N–H and O–H groups in total. The average molecular weight is 342 g/mol. The van der Waals surface area contributed by atoms with E-state index in [1.165, 1.54) is 5.56 Å². The summed E-state index contributed by atoms with van der Waals surface area (Å²) in [6, 6.07) is 9.73. The van der Waals surface area contributed by atoms with E-state index >= 15 is 0 Å². The van der Waals surface area contributed by atoms with E-state index in [9.17, 15) is 4.79 Å². The maximum Gasteiger partial charge on any atom is 0.226 e. The van der Waals surface area contributed by atoms with Gasteiger partial charge in [0.1, 0.15) is 0 Å². The first-order valence-corrected chi connectivity index (χ1v) is 8.28. The van der Waals surface area contributed by atoms with Crippen molar-refractivity contribution in [2.24, 2.45) is 0 Å². The van der Waals surface area contributed by atoms with Crippen molar-refractivity contribution >= 4 is 17.3 Å². The van der Waals surface area contributed by atoms with Gasteiger partial charge in [-0.15, -0.1) is 0 Å². The largest absolute Gasteiger partial charge is 0.493 e. The van der Waals surface area contributed by atoms with E-state index in [0.717, 1.165) is 22.5 Å². The van der Waals surface area contributed by atoms with Crippen LogP contribution in [0.4, 0.5) is 11.4 Å². The molecule has 0 heterocycles. The van der Waals surface area contributed by atoms with Gasteiger partial charge < -0.3 is 20.1 Å². The van der Waals surface area contributed by atoms with Gasteiger partial charge in [0.15, 0.2) is 11.5 Å². The minimum atomic E-state index is -0.0111. The maximum atomic E-state index is 12.2. The van der Waals surface area contributed by atoms with Crippen LogP contribution in [0.3, 0.4) is 0 Å². The lowest BCUT2D eigenvalue weighted by Crippen LogP contribution is -2.17. The Morgan fingerprint density at radius 3 is 2.20 bits per heavy atom. The first kappa shape index (κ1) is 18.6. The van der Waals surface area contributed by atoms with Crippen LogP contribution in [0, 0.1) is 20.8 Å². The predicted molar refractivity (Wildman–Crippen MR) is 102 cm³/mol. The summed E-state index contributed by atoms with van der Waals surface area (Å²) in [5.74, 6) is 1.32. The van der Waals surface area contributed by atoms with E-state index in [2.05, 4.69) is 29.7 Å². The Morgan fingerprint density at radius 2 is 1.60 bits per heavy atom. The fourth-order valence-electron chi connectivity index (χ4n) is 2.85. The van der Waals surface area contributed by atoms with Crippen molar-refractivity contribution in [1.29, 1.82) is 0 Å². The maximum absolute atomic E-state index is 12.2. The molecule has 0 aliphatic carbocycles. The lowest BCUT2D eigenvalue weighted by molar-refractivity contribution is -0.115. The molecule has 2 aromatic carbocycles. The molecule has 5 heteroatoms. The number of hydrogen-bond donors (Lipinski definition) is 2. The summed E-state index contributed by atoms with van der Waals surface area (Å²) in [5, 5.41) is 6.24. The zero-order valence-corrected chi connectivity index (χ0v) is 15.5. The molecule has 0 aromatic heterocycles. The van der Waals surface area contributed by atoms with Crippen LogP contribution in [0.1, 0.15) is 23.1 Å². The zero-order valence-electron chi connectivity index (χ0n) is 15.5. The molecule has 2 rings (SSSR count). The summed E-state index contributed by atoms with van der Waals surface area (Å²) >= 11 is 0. The predicted octanol–water partition coefficient (Wildman–Crippen LogP) is 4.07. The first-order valence-electron chi connectivity index (χ1n) is 8.28. The molecule has 0 atom stereocenters. The molecule has 1 amide bonds. The molecule has 0 saturated heterocycles. The van der Waals surface area contributed by atoms with E-state index in [1.54, 1.807) is 14.2 Å². The number of methoxy groups -OCH3 is 2. The Balaban J connectivity index is 1.91. The van der Waals surface area contributed by atoms with E-state index in [4.69, 9.17) is 9.47 Å². The molecule has 0 bridgehead atoms. The third-order valence-corrected chi connectivity index (χ3v) is 4.01. The summed E-state index contributed by atoms with van der Waals surface area (Å²) in [6.45, 7) is 6.61. The number of benzene rings is 2. The lowest BCUT2D eigenvalue weighted by Gasteiger charge is -2.14. The molecule has 134 valence electrons. The number of rotatable bonds is 7. The van der Waals surface area contributed by atoms with Gasteiger partial charge in [-0.2, -0.15) is 0 Å². The first-order chi connectivity index (χ1) is 11.9. The minimum Gasteiger partial charge on any atom is -0.493 e. The Morgan fingerprint density at radius 1 is 0.960 bits per heavy atom. The van der Waals surface area contributed by atoms with Crippen LogP contribution in [0.2, 0.25) is 0 Å². The smallest absolute Gasteiger partial charge is 0.226 e. The highest BCUT2D eigenvalue weighted by Crippen LogP contribution is 2.29. The number of aryl methyl sites for hydroxylation is 3. The summed E-state index contributed by atoms with van der Waals surface area (Å²) in [6.07, 6.45) is 0.376. The van der Waals surface area contributed by atoms with Gasteiger partial charge in [-0.1, -0.05) is 17.7 Å². The summed E-state index contributed by atoms with van der Waals surface area (Å²) in [5.41, 5.74) is 5.15. The average Bonchev–Trinajstić information content (AvgIpc) is 2.58. The summed E-state index contributed by atoms with van der Waals surface area (Å²) in [7, 11) is 3.20. The molecule has 0 radical (unpaired) electrons. The number of ether oxygens (including phenoxy) is 2. The van der Waals surface area contributed by atoms with Crippen LogP contribution >= 0.6 is 0 Å². The minimum absolute atomic E-state index is 0.0111. The highest BCUT2D eigenvalue weighted by Gasteiger charge is 2.09. The van der Waals surface area contributed by atoms with Crippen LogP contribution in [0.25, 0.3) is 0 Å². The normalized spacial score (nSPS) is 10.3. The zero-order chi connectivity index (χ0) is 18.4. The molecule has 25 heavy (non-hydrogen) atoms. The quantitative estimate of drug-likeness (QED) is 0.796. The fourth-order valence-corrected chi connectivity index (χ4v) is 2.85. The van der Waals surface area contributed by atoms with Crippen molar-refractivity contribution in [2.45, 2.75) is 27.2 Å². The highest BCUT2D eigenvalue weighted by molar-refractivity contribution is 5.92. The molecule has 0 aliphatic heterocycles. The number of amides is 1. The number of anilines is 2. The van der Waals surface area contributed by atoms with Gasteiger partial charge in [0.25, 0.3) is 0 Å². The third-order valence-electron chi connectivity index (χ3n) is 4.01. The second-order valence-electron chi connectivity index (χ2n) is 6.07. The van der Waals surface area contributed by atoms with Gasteiger partial charge in [-0.3, -0.25) is 4.79 Å². The SMILES string of the molecule is COc1ccc(NCCC(=O)Nc2c(C)cc(C)cc2C)cc1OC. The van der Waals surface area contributed by atoms with E-state index in [-0.39, 0.29) is 5.91 Å². The molecule has 0 fully saturated rings. The molecule has 0 spiro atoms. The molecule has 5 nitrogen and oxygen atoms in total. The summed E-state index contributed by atoms with van der Waals surface area (Å²) in [4.78, 5) is 12.2. The molecule has 2 aromatic rings. The second-order valence-corrected chi connectivity index (χ2v) is 6.07. The van der Waals surface area contributed by atoms with Gasteiger partial charge in [-0.25, -0.2) is 0 Å². The topological polar surface area (TPSA) is 59.6 Å². The Hall–Kier alpha value is -2.69. The van der Waals surface area contributed by atoms with Crippen LogP contribution in [0.5, 0.6) is 11.5 Å². The fraction of sp³-hybridized carbons (Fsp3) is 0.350. The van der Waals surface area contributed by atoms with Crippen molar-refractivity contribution in [3.8, 4) is 11.5 Å². The van der Waals surface area contributed by atoms with Crippen LogP contribution in [-0.2, 0) is 4.79 Å². The van der Waals surface area contributed by atoms with Gasteiger partial charge >= 0.3 is 0 Å². The Labute approximate surface area is 149 Å². The van der Waals surface area contributed by atoms with E-state index < -0.39 is 0 Å². The van der Waals surface area contributed by atoms with Gasteiger partial charge in [0.05, 0.1) is 14.2 Å². The van der Waals surface area contributed by atoms with Crippen molar-refractivity contribution < 1.29 is 14.3 Å². The van der Waals surface area contributed by atoms with Crippen molar-refractivity contribution in [1.82, 2.24) is 0 Å². The van der Waals surface area contributed by atoms with Crippen molar-refractivity contribution in [2.75, 3.05) is 31.4 Å². The number of carbonyl (C=O) groups excluding carboxylic acids is 1. The number of nitrogens with one attached hydrogen (secondary N) is 2. The number of carbonyl (C=O) groups is 1. The van der Waals surface area contributed by atoms with Crippen molar-refractivity contribution in [3.05, 3.63) is 47.0 Å². The van der Waals surface area contributed by atoms with Crippen molar-refractivity contribution in [3.63, 3.8) is 0 Å². The van der Waals surface area contributed by atoms with Crippen LogP contribution in [-0.4, -0.2) is 26.7 Å². The van der Waals surface area contributed by atoms with Crippen LogP contribution in [0.15, 0.2) is 30.3 Å². The Bertz CT molecular complexity index is 734. The van der Waals surface area contributed by atoms with E-state index in [0.29, 0.717) is 24.5 Å². The molecular weight excluding hydrogens is 316 g/mol. The highest BCUT2D eigenvalue weighted by atomic mass is 16.5. The lowest BCUT2D eigenvalue weighted by atomic mass is 10.1.